The molecule has 0 unspecified atom stereocenters. The van der Waals surface area contributed by atoms with E-state index in [4.69, 9.17) is 4.74 Å². The lowest BCUT2D eigenvalue weighted by molar-refractivity contribution is 0.0891. The number of carbonyl (C=O) groups is 1. The molecular formula is C20H26N4O2. The molecule has 3 rings (SSSR count). The van der Waals surface area contributed by atoms with Crippen LogP contribution in [-0.4, -0.2) is 48.7 Å². The molecule has 1 aliphatic rings. The number of carbonyl (C=O) groups excluding carboxylic acids is 1. The third kappa shape index (κ3) is 5.02. The normalized spacial score (nSPS) is 17.1. The van der Waals surface area contributed by atoms with Gasteiger partial charge in [-0.05, 0) is 49.9 Å². The number of rotatable bonds is 7. The molecule has 0 saturated carbocycles. The number of hydrogen-bond acceptors (Lipinski definition) is 5. The predicted molar refractivity (Wildman–Crippen MR) is 101 cm³/mol. The number of aryl methyl sites for hydroxylation is 1. The Morgan fingerprint density at radius 2 is 2.23 bits per heavy atom. The van der Waals surface area contributed by atoms with Gasteiger partial charge >= 0.3 is 0 Å². The highest BCUT2D eigenvalue weighted by atomic mass is 16.5. The van der Waals surface area contributed by atoms with Crippen LogP contribution in [0.2, 0.25) is 0 Å². The van der Waals surface area contributed by atoms with Gasteiger partial charge in [-0.25, -0.2) is 4.98 Å². The molecule has 0 aromatic carbocycles. The molecule has 0 spiro atoms. The van der Waals surface area contributed by atoms with Gasteiger partial charge in [-0.15, -0.1) is 0 Å². The van der Waals surface area contributed by atoms with Crippen LogP contribution in [0, 0.1) is 0 Å². The topological polar surface area (TPSA) is 67.3 Å². The lowest BCUT2D eigenvalue weighted by atomic mass is 10.1. The summed E-state index contributed by atoms with van der Waals surface area (Å²) in [6.07, 6.45) is 7.60. The molecule has 1 N–H and O–H groups in total. The van der Waals surface area contributed by atoms with E-state index < -0.39 is 0 Å². The molecule has 1 fully saturated rings. The smallest absolute Gasteiger partial charge is 0.252 e. The molecule has 3 heterocycles. The van der Waals surface area contributed by atoms with Crippen molar-refractivity contribution in [3.8, 4) is 0 Å². The number of anilines is 1. The maximum atomic E-state index is 12.2. The SMILES string of the molecule is CO[C@H]1CCCN(c2ccc(C(=O)NCCCc3ccccn3)cn2)C1. The van der Waals surface area contributed by atoms with Crippen LogP contribution >= 0.6 is 0 Å². The highest BCUT2D eigenvalue weighted by molar-refractivity contribution is 5.94. The summed E-state index contributed by atoms with van der Waals surface area (Å²) in [5.74, 6) is 0.817. The molecule has 1 saturated heterocycles. The molecule has 2 aromatic heterocycles. The van der Waals surface area contributed by atoms with Gasteiger partial charge in [-0.2, -0.15) is 0 Å². The number of nitrogens with one attached hydrogen (secondary N) is 1. The zero-order valence-electron chi connectivity index (χ0n) is 15.2. The minimum Gasteiger partial charge on any atom is -0.380 e. The highest BCUT2D eigenvalue weighted by Crippen LogP contribution is 2.19. The fraction of sp³-hybridized carbons (Fsp3) is 0.450. The monoisotopic (exact) mass is 354 g/mol. The van der Waals surface area contributed by atoms with Crippen molar-refractivity contribution >= 4 is 11.7 Å². The fourth-order valence-electron chi connectivity index (χ4n) is 3.17. The summed E-state index contributed by atoms with van der Waals surface area (Å²) in [6.45, 7) is 2.45. The average molecular weight is 354 g/mol. The van der Waals surface area contributed by atoms with Crippen molar-refractivity contribution in [2.24, 2.45) is 0 Å². The third-order valence-corrected chi connectivity index (χ3v) is 4.67. The van der Waals surface area contributed by atoms with Gasteiger partial charge in [0.25, 0.3) is 5.91 Å². The first-order chi connectivity index (χ1) is 12.8. The van der Waals surface area contributed by atoms with Crippen LogP contribution < -0.4 is 10.2 Å². The van der Waals surface area contributed by atoms with Crippen LogP contribution in [0.3, 0.4) is 0 Å². The summed E-state index contributed by atoms with van der Waals surface area (Å²) in [6, 6.07) is 9.64. The Morgan fingerprint density at radius 1 is 1.31 bits per heavy atom. The molecule has 1 amide bonds. The number of ether oxygens (including phenoxy) is 1. The number of amides is 1. The van der Waals surface area contributed by atoms with Crippen LogP contribution in [0.5, 0.6) is 0 Å². The van der Waals surface area contributed by atoms with Crippen molar-refractivity contribution in [2.45, 2.75) is 31.8 Å². The maximum absolute atomic E-state index is 12.2. The molecule has 138 valence electrons. The van der Waals surface area contributed by atoms with Crippen molar-refractivity contribution < 1.29 is 9.53 Å². The number of pyridine rings is 2. The van der Waals surface area contributed by atoms with E-state index in [1.807, 2.05) is 30.3 Å². The Hall–Kier alpha value is -2.47. The van der Waals surface area contributed by atoms with Crippen molar-refractivity contribution in [3.05, 3.63) is 54.0 Å². The Balaban J connectivity index is 1.46. The molecule has 2 aromatic rings. The summed E-state index contributed by atoms with van der Waals surface area (Å²) in [7, 11) is 1.75. The van der Waals surface area contributed by atoms with E-state index in [1.165, 1.54) is 0 Å². The van der Waals surface area contributed by atoms with E-state index in [2.05, 4.69) is 20.2 Å². The van der Waals surface area contributed by atoms with Crippen molar-refractivity contribution in [2.75, 3.05) is 31.6 Å². The second kappa shape index (κ2) is 9.29. The second-order valence-electron chi connectivity index (χ2n) is 6.53. The average Bonchev–Trinajstić information content (AvgIpc) is 2.72. The van der Waals surface area contributed by atoms with Gasteiger partial charge in [0.2, 0.25) is 0 Å². The number of aromatic nitrogens is 2. The third-order valence-electron chi connectivity index (χ3n) is 4.67. The van der Waals surface area contributed by atoms with Gasteiger partial charge in [-0.1, -0.05) is 6.07 Å². The Morgan fingerprint density at radius 3 is 2.96 bits per heavy atom. The Labute approximate surface area is 154 Å². The number of hydrogen-bond donors (Lipinski definition) is 1. The van der Waals surface area contributed by atoms with Gasteiger partial charge in [0.05, 0.1) is 11.7 Å². The van der Waals surface area contributed by atoms with Crippen LogP contribution in [0.1, 0.15) is 35.3 Å². The van der Waals surface area contributed by atoms with E-state index in [1.54, 1.807) is 19.5 Å². The molecule has 0 aliphatic carbocycles. The molecule has 0 radical (unpaired) electrons. The van der Waals surface area contributed by atoms with Gasteiger partial charge in [0, 0.05) is 44.8 Å². The number of methoxy groups -OCH3 is 1. The zero-order valence-corrected chi connectivity index (χ0v) is 15.2. The minimum absolute atomic E-state index is 0.0847. The summed E-state index contributed by atoms with van der Waals surface area (Å²) >= 11 is 0. The molecular weight excluding hydrogens is 328 g/mol. The quantitative estimate of drug-likeness (QED) is 0.774. The largest absolute Gasteiger partial charge is 0.380 e. The van der Waals surface area contributed by atoms with Crippen LogP contribution in [-0.2, 0) is 11.2 Å². The summed E-state index contributed by atoms with van der Waals surface area (Å²) in [4.78, 5) is 23.2. The van der Waals surface area contributed by atoms with E-state index >= 15 is 0 Å². The molecule has 1 atom stereocenters. The summed E-state index contributed by atoms with van der Waals surface area (Å²) in [5.41, 5.74) is 1.63. The minimum atomic E-state index is -0.0847. The molecule has 6 heteroatoms. The lowest BCUT2D eigenvalue weighted by Gasteiger charge is -2.32. The number of nitrogens with zero attached hydrogens (tertiary/aromatic N) is 3. The van der Waals surface area contributed by atoms with Crippen LogP contribution in [0.4, 0.5) is 5.82 Å². The van der Waals surface area contributed by atoms with Crippen molar-refractivity contribution in [3.63, 3.8) is 0 Å². The Bertz CT molecular complexity index is 691. The number of piperidine rings is 1. The standard InChI is InChI=1S/C20H26N4O2/c1-26-18-8-5-13-24(15-18)19-10-9-16(14-23-19)20(25)22-12-4-7-17-6-2-3-11-21-17/h2-3,6,9-11,14,18H,4-5,7-8,12-13,15H2,1H3,(H,22,25)/t18-/m0/s1. The van der Waals surface area contributed by atoms with E-state index in [0.717, 1.165) is 50.3 Å². The van der Waals surface area contributed by atoms with E-state index in [-0.39, 0.29) is 12.0 Å². The van der Waals surface area contributed by atoms with Gasteiger partial charge < -0.3 is 15.0 Å². The molecule has 0 bridgehead atoms. The Kier molecular flexibility index (Phi) is 6.55. The van der Waals surface area contributed by atoms with E-state index in [0.29, 0.717) is 12.1 Å². The first-order valence-corrected chi connectivity index (χ1v) is 9.18. The predicted octanol–water partition coefficient (Wildman–Crippen LogP) is 2.45. The first kappa shape index (κ1) is 18.3. The zero-order chi connectivity index (χ0) is 18.2. The van der Waals surface area contributed by atoms with Gasteiger partial charge in [0.1, 0.15) is 5.82 Å². The van der Waals surface area contributed by atoms with Crippen LogP contribution in [0.15, 0.2) is 42.7 Å². The molecule has 1 aliphatic heterocycles. The molecule has 6 nitrogen and oxygen atoms in total. The summed E-state index contributed by atoms with van der Waals surface area (Å²) < 4.78 is 5.45. The highest BCUT2D eigenvalue weighted by Gasteiger charge is 2.20. The van der Waals surface area contributed by atoms with Crippen molar-refractivity contribution in [1.82, 2.24) is 15.3 Å². The maximum Gasteiger partial charge on any atom is 0.252 e. The van der Waals surface area contributed by atoms with Crippen molar-refractivity contribution in [1.29, 1.82) is 0 Å². The van der Waals surface area contributed by atoms with E-state index in [9.17, 15) is 4.79 Å². The fourth-order valence-corrected chi connectivity index (χ4v) is 3.17. The molecule has 26 heavy (non-hydrogen) atoms. The lowest BCUT2D eigenvalue weighted by Crippen LogP contribution is -2.39. The van der Waals surface area contributed by atoms with Gasteiger partial charge in [-0.3, -0.25) is 9.78 Å². The van der Waals surface area contributed by atoms with Crippen LogP contribution in [0.25, 0.3) is 0 Å². The second-order valence-corrected chi connectivity index (χ2v) is 6.53. The first-order valence-electron chi connectivity index (χ1n) is 9.18. The summed E-state index contributed by atoms with van der Waals surface area (Å²) in [5, 5.41) is 2.94. The van der Waals surface area contributed by atoms with Gasteiger partial charge in [0.15, 0.2) is 0 Å².